The van der Waals surface area contributed by atoms with E-state index in [9.17, 15) is 16.8 Å². The second-order valence-electron chi connectivity index (χ2n) is 4.86. The van der Waals surface area contributed by atoms with Crippen LogP contribution >= 0.6 is 11.6 Å². The Bertz CT molecular complexity index is 756. The second-order valence-corrected chi connectivity index (χ2v) is 9.19. The summed E-state index contributed by atoms with van der Waals surface area (Å²) in [7, 11) is -5.73. The van der Waals surface area contributed by atoms with Gasteiger partial charge in [-0.3, -0.25) is 0 Å². The summed E-state index contributed by atoms with van der Waals surface area (Å²) < 4.78 is 55.9. The van der Waals surface area contributed by atoms with Crippen molar-refractivity contribution in [3.8, 4) is 5.75 Å². The zero-order valence-electron chi connectivity index (χ0n) is 12.2. The molecule has 0 N–H and O–H groups in total. The van der Waals surface area contributed by atoms with E-state index in [1.54, 1.807) is 6.07 Å². The average molecular weight is 369 g/mol. The molecule has 0 radical (unpaired) electrons. The minimum Gasteiger partial charge on any atom is -0.495 e. The molecule has 124 valence electrons. The number of rotatable bonds is 4. The van der Waals surface area contributed by atoms with Crippen molar-refractivity contribution < 1.29 is 21.6 Å². The molecule has 0 amide bonds. The van der Waals surface area contributed by atoms with Gasteiger partial charge in [0.15, 0.2) is 0 Å². The van der Waals surface area contributed by atoms with Crippen molar-refractivity contribution >= 4 is 31.6 Å². The Kier molecular flexibility index (Phi) is 5.03. The van der Waals surface area contributed by atoms with Crippen LogP contribution in [0.3, 0.4) is 0 Å². The summed E-state index contributed by atoms with van der Waals surface area (Å²) in [5.74, 6) is 0.204. The maximum atomic E-state index is 12.7. The van der Waals surface area contributed by atoms with Crippen LogP contribution in [0.2, 0.25) is 5.02 Å². The first kappa shape index (κ1) is 17.5. The maximum Gasteiger partial charge on any atom is 0.246 e. The van der Waals surface area contributed by atoms with Gasteiger partial charge in [-0.25, -0.2) is 16.8 Å². The number of sulfonamides is 2. The summed E-state index contributed by atoms with van der Waals surface area (Å²) in [6, 6.07) is 4.36. The predicted octanol–water partition coefficient (Wildman–Crippen LogP) is 0.615. The first-order valence-corrected chi connectivity index (χ1v) is 10.1. The van der Waals surface area contributed by atoms with E-state index in [0.29, 0.717) is 0 Å². The molecular formula is C12H17ClN2O5S2. The van der Waals surface area contributed by atoms with E-state index < -0.39 is 20.0 Å². The standard InChI is InChI=1S/C12H17ClN2O5S2/c1-20-11-4-3-10(13)9-12(11)22(18,19)15-7-5-14(6-8-15)21(2,16)17/h3-4,9H,5-8H2,1-2H3. The molecule has 0 atom stereocenters. The van der Waals surface area contributed by atoms with Crippen LogP contribution in [0.1, 0.15) is 0 Å². The van der Waals surface area contributed by atoms with E-state index in [0.717, 1.165) is 6.26 Å². The van der Waals surface area contributed by atoms with E-state index in [-0.39, 0.29) is 41.8 Å². The zero-order valence-corrected chi connectivity index (χ0v) is 14.6. The molecule has 1 heterocycles. The van der Waals surface area contributed by atoms with E-state index >= 15 is 0 Å². The number of methoxy groups -OCH3 is 1. The van der Waals surface area contributed by atoms with E-state index in [4.69, 9.17) is 16.3 Å². The van der Waals surface area contributed by atoms with Gasteiger partial charge in [0.2, 0.25) is 20.0 Å². The summed E-state index contributed by atoms with van der Waals surface area (Å²) in [5, 5.41) is 0.286. The van der Waals surface area contributed by atoms with Crippen molar-refractivity contribution in [2.24, 2.45) is 0 Å². The molecule has 1 aliphatic rings. The Hall–Kier alpha value is -0.870. The van der Waals surface area contributed by atoms with Crippen LogP contribution in [0.5, 0.6) is 5.75 Å². The molecule has 0 bridgehead atoms. The normalized spacial score (nSPS) is 18.3. The fourth-order valence-corrected chi connectivity index (χ4v) is 4.90. The summed E-state index contributed by atoms with van der Waals surface area (Å²) in [4.78, 5) is -0.0182. The van der Waals surface area contributed by atoms with Gasteiger partial charge in [-0.1, -0.05) is 11.6 Å². The molecule has 1 aliphatic heterocycles. The number of hydrogen-bond donors (Lipinski definition) is 0. The molecule has 2 rings (SSSR count). The van der Waals surface area contributed by atoms with Gasteiger partial charge in [0.1, 0.15) is 10.6 Å². The third kappa shape index (κ3) is 3.54. The van der Waals surface area contributed by atoms with Gasteiger partial charge >= 0.3 is 0 Å². The monoisotopic (exact) mass is 368 g/mol. The van der Waals surface area contributed by atoms with Crippen molar-refractivity contribution in [1.82, 2.24) is 8.61 Å². The highest BCUT2D eigenvalue weighted by Gasteiger charge is 2.33. The van der Waals surface area contributed by atoms with Crippen molar-refractivity contribution in [2.45, 2.75) is 4.90 Å². The highest BCUT2D eigenvalue weighted by atomic mass is 35.5. The number of benzene rings is 1. The summed E-state index contributed by atoms with van der Waals surface area (Å²) >= 11 is 5.88. The maximum absolute atomic E-state index is 12.7. The molecule has 0 aromatic heterocycles. The lowest BCUT2D eigenvalue weighted by Gasteiger charge is -2.32. The lowest BCUT2D eigenvalue weighted by atomic mass is 10.3. The fraction of sp³-hybridized carbons (Fsp3) is 0.500. The molecule has 1 fully saturated rings. The highest BCUT2D eigenvalue weighted by molar-refractivity contribution is 7.89. The van der Waals surface area contributed by atoms with Gasteiger partial charge in [-0.2, -0.15) is 8.61 Å². The van der Waals surface area contributed by atoms with Crippen molar-refractivity contribution in [3.63, 3.8) is 0 Å². The number of hydrogen-bond acceptors (Lipinski definition) is 5. The summed E-state index contributed by atoms with van der Waals surface area (Å²) in [5.41, 5.74) is 0. The van der Waals surface area contributed by atoms with Gasteiger partial charge in [-0.15, -0.1) is 0 Å². The van der Waals surface area contributed by atoms with Crippen LogP contribution in [0, 0.1) is 0 Å². The summed E-state index contributed by atoms with van der Waals surface area (Å²) in [6.07, 6.45) is 1.11. The zero-order chi connectivity index (χ0) is 16.5. The molecule has 0 aliphatic carbocycles. The Balaban J connectivity index is 2.28. The lowest BCUT2D eigenvalue weighted by Crippen LogP contribution is -2.50. The molecule has 1 aromatic carbocycles. The van der Waals surface area contributed by atoms with Crippen molar-refractivity contribution in [2.75, 3.05) is 39.5 Å². The first-order chi connectivity index (χ1) is 10.2. The largest absolute Gasteiger partial charge is 0.495 e. The van der Waals surface area contributed by atoms with Crippen molar-refractivity contribution in [3.05, 3.63) is 23.2 Å². The molecule has 22 heavy (non-hydrogen) atoms. The van der Waals surface area contributed by atoms with Crippen LogP contribution in [0.25, 0.3) is 0 Å². The minimum absolute atomic E-state index is 0.0182. The highest BCUT2D eigenvalue weighted by Crippen LogP contribution is 2.30. The average Bonchev–Trinajstić information content (AvgIpc) is 2.46. The molecule has 1 saturated heterocycles. The topological polar surface area (TPSA) is 84.0 Å². The van der Waals surface area contributed by atoms with Gasteiger partial charge in [-0.05, 0) is 18.2 Å². The van der Waals surface area contributed by atoms with Gasteiger partial charge in [0, 0.05) is 31.2 Å². The third-order valence-electron chi connectivity index (χ3n) is 3.41. The molecule has 1 aromatic rings. The quantitative estimate of drug-likeness (QED) is 0.777. The van der Waals surface area contributed by atoms with Gasteiger partial charge in [0.25, 0.3) is 0 Å². The third-order valence-corrected chi connectivity index (χ3v) is 6.87. The molecule has 0 saturated carbocycles. The Morgan fingerprint density at radius 1 is 1.05 bits per heavy atom. The minimum atomic E-state index is -3.79. The lowest BCUT2D eigenvalue weighted by molar-refractivity contribution is 0.273. The first-order valence-electron chi connectivity index (χ1n) is 6.45. The Morgan fingerprint density at radius 3 is 2.09 bits per heavy atom. The Labute approximate surface area is 135 Å². The smallest absolute Gasteiger partial charge is 0.246 e. The molecule has 10 heteroatoms. The number of nitrogens with zero attached hydrogens (tertiary/aromatic N) is 2. The van der Waals surface area contributed by atoms with E-state index in [1.807, 2.05) is 0 Å². The van der Waals surface area contributed by atoms with Crippen LogP contribution in [0.15, 0.2) is 23.1 Å². The summed E-state index contributed by atoms with van der Waals surface area (Å²) in [6.45, 7) is 0.429. The van der Waals surface area contributed by atoms with Crippen LogP contribution in [-0.4, -0.2) is 65.0 Å². The molecule has 0 unspecified atom stereocenters. The van der Waals surface area contributed by atoms with Crippen LogP contribution in [-0.2, 0) is 20.0 Å². The van der Waals surface area contributed by atoms with Gasteiger partial charge < -0.3 is 4.74 Å². The second kappa shape index (κ2) is 6.32. The molecule has 0 spiro atoms. The van der Waals surface area contributed by atoms with E-state index in [1.165, 1.54) is 27.9 Å². The number of ether oxygens (including phenoxy) is 1. The molecular weight excluding hydrogens is 352 g/mol. The number of piperazine rings is 1. The SMILES string of the molecule is COc1ccc(Cl)cc1S(=O)(=O)N1CCN(S(C)(=O)=O)CC1. The Morgan fingerprint density at radius 2 is 1.59 bits per heavy atom. The van der Waals surface area contributed by atoms with Crippen LogP contribution < -0.4 is 4.74 Å². The van der Waals surface area contributed by atoms with Gasteiger partial charge in [0.05, 0.1) is 13.4 Å². The molecule has 7 nitrogen and oxygen atoms in total. The van der Waals surface area contributed by atoms with E-state index in [2.05, 4.69) is 0 Å². The number of halogens is 1. The van der Waals surface area contributed by atoms with Crippen molar-refractivity contribution in [1.29, 1.82) is 0 Å². The predicted molar refractivity (Wildman–Crippen MR) is 83.2 cm³/mol. The van der Waals surface area contributed by atoms with Crippen LogP contribution in [0.4, 0.5) is 0 Å². The fourth-order valence-electron chi connectivity index (χ4n) is 2.23.